The molecule has 37 heavy (non-hydrogen) atoms. The van der Waals surface area contributed by atoms with Crippen LogP contribution in [0.3, 0.4) is 0 Å². The number of hydrogen-bond acceptors (Lipinski definition) is 4. The molecule has 0 bridgehead atoms. The number of hydrazone groups is 1. The van der Waals surface area contributed by atoms with E-state index < -0.39 is 5.54 Å². The number of halogens is 1. The highest BCUT2D eigenvalue weighted by Crippen LogP contribution is 2.41. The second-order valence-electron chi connectivity index (χ2n) is 10.5. The van der Waals surface area contributed by atoms with Crippen LogP contribution in [-0.2, 0) is 16.8 Å². The van der Waals surface area contributed by atoms with E-state index in [1.807, 2.05) is 68.4 Å². The Morgan fingerprint density at radius 2 is 1.70 bits per heavy atom. The Morgan fingerprint density at radius 1 is 1.00 bits per heavy atom. The molecule has 3 aromatic rings. The number of ether oxygens (including phenoxy) is 1. The smallest absolute Gasteiger partial charge is 0.264 e. The molecule has 2 N–H and O–H groups in total. The number of rotatable bonds is 6. The predicted octanol–water partition coefficient (Wildman–Crippen LogP) is 6.42. The van der Waals surface area contributed by atoms with Crippen LogP contribution in [0.2, 0.25) is 0 Å². The van der Waals surface area contributed by atoms with Crippen molar-refractivity contribution < 1.29 is 9.53 Å². The third-order valence-electron chi connectivity index (χ3n) is 7.73. The van der Waals surface area contributed by atoms with E-state index >= 15 is 0 Å². The minimum Gasteiger partial charge on any atom is -0.487 e. The number of aryl methyl sites for hydroxylation is 1. The van der Waals surface area contributed by atoms with Gasteiger partial charge in [-0.2, -0.15) is 5.10 Å². The van der Waals surface area contributed by atoms with Crippen LogP contribution in [0.4, 0.5) is 0 Å². The van der Waals surface area contributed by atoms with E-state index in [0.717, 1.165) is 40.6 Å². The largest absolute Gasteiger partial charge is 0.487 e. The highest BCUT2D eigenvalue weighted by Gasteiger charge is 2.48. The van der Waals surface area contributed by atoms with Crippen LogP contribution in [0.15, 0.2) is 82.4 Å². The maximum Gasteiger partial charge on any atom is 0.264 e. The molecule has 0 aromatic heterocycles. The molecule has 0 unspecified atom stereocenters. The molecule has 1 fully saturated rings. The number of carbonyl (C=O) groups excluding carboxylic acids is 1. The summed E-state index contributed by atoms with van der Waals surface area (Å²) in [6.07, 6.45) is 6.77. The lowest BCUT2D eigenvalue weighted by Crippen LogP contribution is -2.65. The fourth-order valence-electron chi connectivity index (χ4n) is 5.72. The van der Waals surface area contributed by atoms with Crippen molar-refractivity contribution in [1.29, 1.82) is 0 Å². The van der Waals surface area contributed by atoms with Crippen molar-refractivity contribution in [2.75, 3.05) is 6.61 Å². The standard InChI is InChI=1S/C31H34BrN3O2/c1-22-10-16-26(17-11-22)37-21-28(23-12-14-25(32)15-13-23)33-34-29(36)30(2)27-9-5-4-8-24(27)20-31(35-30)18-6-3-7-19-31/h4-5,8-17,35H,3,6-7,18-21H2,1-2H3,(H,34,36)/b33-28-/t30-/m0/s1. The molecule has 1 aliphatic carbocycles. The summed E-state index contributed by atoms with van der Waals surface area (Å²) in [7, 11) is 0. The molecule has 1 spiro atoms. The van der Waals surface area contributed by atoms with Gasteiger partial charge in [-0.15, -0.1) is 0 Å². The van der Waals surface area contributed by atoms with Crippen LogP contribution in [0.25, 0.3) is 0 Å². The van der Waals surface area contributed by atoms with E-state index in [2.05, 4.69) is 50.0 Å². The van der Waals surface area contributed by atoms with Gasteiger partial charge in [0.2, 0.25) is 0 Å². The first kappa shape index (κ1) is 25.7. The van der Waals surface area contributed by atoms with Crippen molar-refractivity contribution >= 4 is 27.5 Å². The molecule has 192 valence electrons. The van der Waals surface area contributed by atoms with Crippen molar-refractivity contribution in [3.63, 3.8) is 0 Å². The van der Waals surface area contributed by atoms with Crippen LogP contribution in [0.5, 0.6) is 5.75 Å². The number of nitrogens with zero attached hydrogens (tertiary/aromatic N) is 1. The first-order valence-corrected chi connectivity index (χ1v) is 13.9. The van der Waals surface area contributed by atoms with E-state index in [0.29, 0.717) is 5.71 Å². The summed E-state index contributed by atoms with van der Waals surface area (Å²) >= 11 is 3.50. The fraction of sp³-hybridized carbons (Fsp3) is 0.355. The van der Waals surface area contributed by atoms with Crippen molar-refractivity contribution in [2.45, 2.75) is 63.5 Å². The number of amides is 1. The monoisotopic (exact) mass is 559 g/mol. The Morgan fingerprint density at radius 3 is 2.43 bits per heavy atom. The maximum absolute atomic E-state index is 13.9. The topological polar surface area (TPSA) is 62.7 Å². The van der Waals surface area contributed by atoms with Crippen LogP contribution >= 0.6 is 15.9 Å². The summed E-state index contributed by atoms with van der Waals surface area (Å²) in [5.74, 6) is 0.602. The molecule has 0 saturated heterocycles. The van der Waals surface area contributed by atoms with Crippen LogP contribution in [-0.4, -0.2) is 23.8 Å². The summed E-state index contributed by atoms with van der Waals surface area (Å²) in [6, 6.07) is 24.1. The molecule has 1 aliphatic heterocycles. The molecule has 6 heteroatoms. The summed E-state index contributed by atoms with van der Waals surface area (Å²) in [4.78, 5) is 13.9. The van der Waals surface area contributed by atoms with E-state index in [4.69, 9.17) is 4.74 Å². The van der Waals surface area contributed by atoms with E-state index in [-0.39, 0.29) is 18.1 Å². The van der Waals surface area contributed by atoms with Gasteiger partial charge in [0.1, 0.15) is 23.6 Å². The van der Waals surface area contributed by atoms with Crippen molar-refractivity contribution in [3.05, 3.63) is 99.5 Å². The highest BCUT2D eigenvalue weighted by molar-refractivity contribution is 9.10. The third-order valence-corrected chi connectivity index (χ3v) is 8.26. The number of hydrogen-bond donors (Lipinski definition) is 2. The van der Waals surface area contributed by atoms with Gasteiger partial charge in [-0.05, 0) is 68.5 Å². The molecular weight excluding hydrogens is 526 g/mol. The minimum absolute atomic E-state index is 0.0501. The zero-order chi connectivity index (χ0) is 25.9. The number of nitrogens with one attached hydrogen (secondary N) is 2. The summed E-state index contributed by atoms with van der Waals surface area (Å²) in [5.41, 5.74) is 6.98. The van der Waals surface area contributed by atoms with E-state index in [1.165, 1.54) is 30.4 Å². The lowest BCUT2D eigenvalue weighted by molar-refractivity contribution is -0.129. The van der Waals surface area contributed by atoms with Crippen LogP contribution in [0.1, 0.15) is 61.3 Å². The normalized spacial score (nSPS) is 20.8. The van der Waals surface area contributed by atoms with Crippen molar-refractivity contribution in [3.8, 4) is 5.75 Å². The van der Waals surface area contributed by atoms with Gasteiger partial charge in [-0.3, -0.25) is 10.1 Å². The molecule has 3 aromatic carbocycles. The molecule has 1 amide bonds. The average molecular weight is 561 g/mol. The zero-order valence-electron chi connectivity index (χ0n) is 21.5. The van der Waals surface area contributed by atoms with Crippen LogP contribution in [0, 0.1) is 6.92 Å². The first-order chi connectivity index (χ1) is 17.9. The Bertz CT molecular complexity index is 1280. The Kier molecular flexibility index (Phi) is 7.50. The second kappa shape index (κ2) is 10.8. The van der Waals surface area contributed by atoms with E-state index in [9.17, 15) is 4.79 Å². The molecule has 1 heterocycles. The molecule has 5 rings (SSSR count). The Balaban J connectivity index is 1.42. The SMILES string of the molecule is Cc1ccc(OC/C(=N/NC(=O)[C@@]2(C)NC3(CCCCC3)Cc3ccccc32)c2ccc(Br)cc2)cc1. The summed E-state index contributed by atoms with van der Waals surface area (Å²) in [6.45, 7) is 4.27. The first-order valence-electron chi connectivity index (χ1n) is 13.1. The van der Waals surface area contributed by atoms with Gasteiger partial charge in [0.25, 0.3) is 5.91 Å². The molecule has 2 aliphatic rings. The van der Waals surface area contributed by atoms with E-state index in [1.54, 1.807) is 0 Å². The number of benzene rings is 3. The van der Waals surface area contributed by atoms with Gasteiger partial charge in [0, 0.05) is 15.6 Å². The highest BCUT2D eigenvalue weighted by atomic mass is 79.9. The van der Waals surface area contributed by atoms with Gasteiger partial charge < -0.3 is 4.74 Å². The third kappa shape index (κ3) is 5.65. The molecule has 0 radical (unpaired) electrons. The predicted molar refractivity (Wildman–Crippen MR) is 152 cm³/mol. The lowest BCUT2D eigenvalue weighted by Gasteiger charge is -2.49. The fourth-order valence-corrected chi connectivity index (χ4v) is 5.98. The minimum atomic E-state index is -0.877. The summed E-state index contributed by atoms with van der Waals surface area (Å²) in [5, 5.41) is 8.44. The van der Waals surface area contributed by atoms with Gasteiger partial charge in [-0.25, -0.2) is 5.43 Å². The average Bonchev–Trinajstić information content (AvgIpc) is 2.90. The van der Waals surface area contributed by atoms with Crippen molar-refractivity contribution in [2.24, 2.45) is 5.10 Å². The van der Waals surface area contributed by atoms with Crippen molar-refractivity contribution in [1.82, 2.24) is 10.7 Å². The molecule has 1 atom stereocenters. The van der Waals surface area contributed by atoms with Gasteiger partial charge in [0.15, 0.2) is 0 Å². The summed E-state index contributed by atoms with van der Waals surface area (Å²) < 4.78 is 7.03. The molecule has 5 nitrogen and oxygen atoms in total. The molecule has 1 saturated carbocycles. The van der Waals surface area contributed by atoms with Gasteiger partial charge in [0.05, 0.1) is 0 Å². The Labute approximate surface area is 227 Å². The van der Waals surface area contributed by atoms with Crippen LogP contribution < -0.4 is 15.5 Å². The lowest BCUT2D eigenvalue weighted by atomic mass is 9.69. The maximum atomic E-state index is 13.9. The van der Waals surface area contributed by atoms with Gasteiger partial charge >= 0.3 is 0 Å². The quantitative estimate of drug-likeness (QED) is 0.270. The Hall–Kier alpha value is -2.96. The number of fused-ring (bicyclic) bond motifs is 1. The van der Waals surface area contributed by atoms with Gasteiger partial charge in [-0.1, -0.05) is 89.3 Å². The zero-order valence-corrected chi connectivity index (χ0v) is 23.1. The second-order valence-corrected chi connectivity index (χ2v) is 11.4. The molecular formula is C31H34BrN3O2. The number of carbonyl (C=O) groups is 1.